The summed E-state index contributed by atoms with van der Waals surface area (Å²) < 4.78 is 15.4. The highest BCUT2D eigenvalue weighted by Gasteiger charge is 2.06. The van der Waals surface area contributed by atoms with Gasteiger partial charge in [-0.2, -0.15) is 5.10 Å². The lowest BCUT2D eigenvalue weighted by molar-refractivity contribution is 0.252. The molecule has 1 heterocycles. The molecule has 3 aromatic rings. The quantitative estimate of drug-likeness (QED) is 0.745. The zero-order valence-corrected chi connectivity index (χ0v) is 13.9. The summed E-state index contributed by atoms with van der Waals surface area (Å²) in [6.07, 6.45) is 4.29. The molecule has 0 unspecified atom stereocenters. The number of aryl methyl sites for hydroxylation is 1. The Morgan fingerprint density at radius 3 is 2.72 bits per heavy atom. The number of amides is 2. The smallest absolute Gasteiger partial charge is 0.319 e. The lowest BCUT2D eigenvalue weighted by Crippen LogP contribution is -2.30. The first kappa shape index (κ1) is 16.7. The molecule has 1 aromatic heterocycles. The average molecular weight is 338 g/mol. The molecular weight excluding hydrogens is 319 g/mol. The number of nitrogens with one attached hydrogen (secondary N) is 2. The van der Waals surface area contributed by atoms with E-state index in [0.29, 0.717) is 13.0 Å². The van der Waals surface area contributed by atoms with E-state index in [9.17, 15) is 9.18 Å². The summed E-state index contributed by atoms with van der Waals surface area (Å²) in [5, 5.41) is 9.44. The van der Waals surface area contributed by atoms with Crippen molar-refractivity contribution in [1.29, 1.82) is 0 Å². The van der Waals surface area contributed by atoms with E-state index >= 15 is 0 Å². The van der Waals surface area contributed by atoms with Crippen LogP contribution < -0.4 is 10.6 Å². The van der Waals surface area contributed by atoms with Gasteiger partial charge < -0.3 is 10.6 Å². The molecule has 2 N–H and O–H groups in total. The number of carbonyl (C=O) groups excluding carboxylic acids is 1. The molecule has 6 heteroatoms. The number of benzene rings is 2. The Balaban J connectivity index is 1.49. The Hall–Kier alpha value is -3.15. The van der Waals surface area contributed by atoms with E-state index in [4.69, 9.17) is 0 Å². The molecular formula is C19H19FN4O. The molecule has 0 aliphatic carbocycles. The average Bonchev–Trinajstić information content (AvgIpc) is 3.13. The normalized spacial score (nSPS) is 10.5. The molecule has 2 amide bonds. The highest BCUT2D eigenvalue weighted by atomic mass is 19.1. The molecule has 0 spiro atoms. The van der Waals surface area contributed by atoms with E-state index in [1.807, 2.05) is 43.5 Å². The summed E-state index contributed by atoms with van der Waals surface area (Å²) in [6.45, 7) is 2.30. The SMILES string of the molecule is Cc1ccc(F)c(NC(=O)NCCc2ccc(-n3cccn3)cc2)c1. The summed E-state index contributed by atoms with van der Waals surface area (Å²) in [5.41, 5.74) is 3.14. The van der Waals surface area contributed by atoms with E-state index in [2.05, 4.69) is 15.7 Å². The standard InChI is InChI=1S/C19H19FN4O/c1-14-3-8-17(20)18(13-14)23-19(25)21-11-9-15-4-6-16(7-5-15)24-12-2-10-22-24/h2-8,10,12-13H,9,11H2,1H3,(H2,21,23,25). The third kappa shape index (κ3) is 4.44. The van der Waals surface area contributed by atoms with E-state index in [-0.39, 0.29) is 5.69 Å². The van der Waals surface area contributed by atoms with Crippen LogP contribution in [0.2, 0.25) is 0 Å². The zero-order chi connectivity index (χ0) is 17.6. The van der Waals surface area contributed by atoms with Gasteiger partial charge in [-0.3, -0.25) is 0 Å². The molecule has 128 valence electrons. The fraction of sp³-hybridized carbons (Fsp3) is 0.158. The molecule has 0 aliphatic rings. The van der Waals surface area contributed by atoms with E-state index in [0.717, 1.165) is 16.8 Å². The lowest BCUT2D eigenvalue weighted by atomic mass is 10.1. The molecule has 3 rings (SSSR count). The fourth-order valence-electron chi connectivity index (χ4n) is 2.46. The maximum atomic E-state index is 13.6. The fourth-order valence-corrected chi connectivity index (χ4v) is 2.46. The largest absolute Gasteiger partial charge is 0.338 e. The maximum Gasteiger partial charge on any atom is 0.319 e. The van der Waals surface area contributed by atoms with Gasteiger partial charge in [0.25, 0.3) is 0 Å². The maximum absolute atomic E-state index is 13.6. The molecule has 25 heavy (non-hydrogen) atoms. The number of hydrogen-bond donors (Lipinski definition) is 2. The second kappa shape index (κ2) is 7.61. The first-order valence-electron chi connectivity index (χ1n) is 8.02. The number of anilines is 1. The van der Waals surface area contributed by atoms with Crippen molar-refractivity contribution in [2.45, 2.75) is 13.3 Å². The van der Waals surface area contributed by atoms with Crippen molar-refractivity contribution in [2.75, 3.05) is 11.9 Å². The minimum absolute atomic E-state index is 0.182. The van der Waals surface area contributed by atoms with Crippen molar-refractivity contribution in [3.63, 3.8) is 0 Å². The van der Waals surface area contributed by atoms with Crippen LogP contribution in [0.15, 0.2) is 60.9 Å². The minimum atomic E-state index is -0.449. The highest BCUT2D eigenvalue weighted by Crippen LogP contribution is 2.15. The van der Waals surface area contributed by atoms with Gasteiger partial charge in [-0.05, 0) is 54.8 Å². The van der Waals surface area contributed by atoms with Crippen LogP contribution in [0.4, 0.5) is 14.9 Å². The first-order chi connectivity index (χ1) is 12.1. The summed E-state index contributed by atoms with van der Waals surface area (Å²) >= 11 is 0. The minimum Gasteiger partial charge on any atom is -0.338 e. The predicted molar refractivity (Wildman–Crippen MR) is 95.4 cm³/mol. The third-order valence-electron chi connectivity index (χ3n) is 3.77. The van der Waals surface area contributed by atoms with Crippen LogP contribution in [0.1, 0.15) is 11.1 Å². The number of aromatic nitrogens is 2. The topological polar surface area (TPSA) is 59.0 Å². The van der Waals surface area contributed by atoms with Gasteiger partial charge in [0.1, 0.15) is 5.82 Å². The third-order valence-corrected chi connectivity index (χ3v) is 3.77. The number of rotatable bonds is 5. The lowest BCUT2D eigenvalue weighted by Gasteiger charge is -2.09. The number of hydrogen-bond acceptors (Lipinski definition) is 2. The van der Waals surface area contributed by atoms with Crippen molar-refractivity contribution < 1.29 is 9.18 Å². The molecule has 0 radical (unpaired) electrons. The second-order valence-electron chi connectivity index (χ2n) is 5.73. The van der Waals surface area contributed by atoms with Crippen molar-refractivity contribution >= 4 is 11.7 Å². The number of carbonyl (C=O) groups is 1. The molecule has 2 aromatic carbocycles. The highest BCUT2D eigenvalue weighted by molar-refractivity contribution is 5.89. The Morgan fingerprint density at radius 2 is 2.00 bits per heavy atom. The van der Waals surface area contributed by atoms with Gasteiger partial charge in [0.05, 0.1) is 11.4 Å². The Kier molecular flexibility index (Phi) is 5.09. The van der Waals surface area contributed by atoms with E-state index in [1.54, 1.807) is 23.0 Å². The summed E-state index contributed by atoms with van der Waals surface area (Å²) in [4.78, 5) is 11.9. The summed E-state index contributed by atoms with van der Waals surface area (Å²) in [5.74, 6) is -0.449. The van der Waals surface area contributed by atoms with Gasteiger partial charge in [0, 0.05) is 18.9 Å². The first-order valence-corrected chi connectivity index (χ1v) is 8.02. The van der Waals surface area contributed by atoms with Crippen LogP contribution >= 0.6 is 0 Å². The van der Waals surface area contributed by atoms with Crippen LogP contribution in [0, 0.1) is 12.7 Å². The number of halogens is 1. The van der Waals surface area contributed by atoms with Gasteiger partial charge in [-0.25, -0.2) is 13.9 Å². The van der Waals surface area contributed by atoms with Crippen molar-refractivity contribution in [3.8, 4) is 5.69 Å². The molecule has 0 aliphatic heterocycles. The molecule has 0 saturated carbocycles. The van der Waals surface area contributed by atoms with Crippen LogP contribution in [0.3, 0.4) is 0 Å². The van der Waals surface area contributed by atoms with E-state index in [1.165, 1.54) is 6.07 Å². The molecule has 0 bridgehead atoms. The molecule has 0 fully saturated rings. The Labute approximate surface area is 145 Å². The molecule has 0 saturated heterocycles. The van der Waals surface area contributed by atoms with E-state index < -0.39 is 11.8 Å². The Bertz CT molecular complexity index is 844. The van der Waals surface area contributed by atoms with Crippen LogP contribution in [-0.4, -0.2) is 22.4 Å². The summed E-state index contributed by atoms with van der Waals surface area (Å²) in [6, 6.07) is 14.0. The van der Waals surface area contributed by atoms with Crippen molar-refractivity contribution in [1.82, 2.24) is 15.1 Å². The second-order valence-corrected chi connectivity index (χ2v) is 5.73. The summed E-state index contributed by atoms with van der Waals surface area (Å²) in [7, 11) is 0. The van der Waals surface area contributed by atoms with Crippen molar-refractivity contribution in [3.05, 3.63) is 77.9 Å². The zero-order valence-electron chi connectivity index (χ0n) is 13.9. The van der Waals surface area contributed by atoms with Gasteiger partial charge in [0.15, 0.2) is 0 Å². The van der Waals surface area contributed by atoms with Crippen LogP contribution in [0.25, 0.3) is 5.69 Å². The predicted octanol–water partition coefficient (Wildman–Crippen LogP) is 3.68. The van der Waals surface area contributed by atoms with Crippen LogP contribution in [0.5, 0.6) is 0 Å². The number of nitrogens with zero attached hydrogens (tertiary/aromatic N) is 2. The van der Waals surface area contributed by atoms with Gasteiger partial charge >= 0.3 is 6.03 Å². The van der Waals surface area contributed by atoms with Gasteiger partial charge in [-0.1, -0.05) is 18.2 Å². The molecule has 0 atom stereocenters. The van der Waals surface area contributed by atoms with Gasteiger partial charge in [-0.15, -0.1) is 0 Å². The Morgan fingerprint density at radius 1 is 1.20 bits per heavy atom. The molecule has 5 nitrogen and oxygen atoms in total. The van der Waals surface area contributed by atoms with Crippen molar-refractivity contribution in [2.24, 2.45) is 0 Å². The monoisotopic (exact) mass is 338 g/mol. The number of urea groups is 1. The van der Waals surface area contributed by atoms with Gasteiger partial charge in [0.2, 0.25) is 0 Å². The van der Waals surface area contributed by atoms with Crippen LogP contribution in [-0.2, 0) is 6.42 Å².